The highest BCUT2D eigenvalue weighted by Crippen LogP contribution is 2.31. The quantitative estimate of drug-likeness (QED) is 0.768. The van der Waals surface area contributed by atoms with Crippen molar-refractivity contribution in [2.75, 3.05) is 0 Å². The first-order valence-corrected chi connectivity index (χ1v) is 4.37. The first-order chi connectivity index (χ1) is 5.88. The lowest BCUT2D eigenvalue weighted by Gasteiger charge is -2.10. The van der Waals surface area contributed by atoms with Crippen molar-refractivity contribution in [2.45, 2.75) is 11.3 Å². The van der Waals surface area contributed by atoms with Crippen molar-refractivity contribution in [2.24, 2.45) is 0 Å². The highest BCUT2D eigenvalue weighted by molar-refractivity contribution is 9.10. The Hall–Kier alpha value is -0.360. The monoisotopic (exact) mass is 272 g/mol. The molecule has 0 spiro atoms. The molecule has 0 radical (unpaired) electrons. The zero-order chi connectivity index (χ0) is 10.1. The second-order valence-electron chi connectivity index (χ2n) is 2.16. The van der Waals surface area contributed by atoms with E-state index in [0.29, 0.717) is 4.47 Å². The summed E-state index contributed by atoms with van der Waals surface area (Å²) in [4.78, 5) is 0.139. The zero-order valence-electron chi connectivity index (χ0n) is 6.10. The van der Waals surface area contributed by atoms with E-state index >= 15 is 0 Å². The fourth-order valence-electron chi connectivity index (χ4n) is 0.694. The minimum absolute atomic E-state index is 0.139. The van der Waals surface area contributed by atoms with Gasteiger partial charge in [0.2, 0.25) is 0 Å². The molecule has 0 amide bonds. The van der Waals surface area contributed by atoms with E-state index in [-0.39, 0.29) is 10.6 Å². The van der Waals surface area contributed by atoms with Gasteiger partial charge in [0.05, 0.1) is 0 Å². The summed E-state index contributed by atoms with van der Waals surface area (Å²) in [6.07, 6.45) is -4.68. The van der Waals surface area contributed by atoms with E-state index in [9.17, 15) is 13.2 Å². The number of rotatable bonds is 1. The number of thiol groups is 1. The SMILES string of the molecule is FC(F)(F)Oc1cc(Br)ccc1S. The van der Waals surface area contributed by atoms with Gasteiger partial charge < -0.3 is 4.74 Å². The van der Waals surface area contributed by atoms with Crippen LogP contribution in [0.4, 0.5) is 13.2 Å². The van der Waals surface area contributed by atoms with Crippen LogP contribution in [0.2, 0.25) is 0 Å². The molecular weight excluding hydrogens is 269 g/mol. The molecule has 0 N–H and O–H groups in total. The molecule has 1 nitrogen and oxygen atoms in total. The Morgan fingerprint density at radius 1 is 1.31 bits per heavy atom. The number of hydrogen-bond donors (Lipinski definition) is 1. The Kier molecular flexibility index (Phi) is 3.13. The van der Waals surface area contributed by atoms with E-state index in [2.05, 4.69) is 33.3 Å². The maximum Gasteiger partial charge on any atom is 0.573 e. The van der Waals surface area contributed by atoms with Crippen molar-refractivity contribution in [3.63, 3.8) is 0 Å². The Morgan fingerprint density at radius 2 is 1.92 bits per heavy atom. The molecule has 0 heterocycles. The van der Waals surface area contributed by atoms with Gasteiger partial charge in [-0.1, -0.05) is 15.9 Å². The van der Waals surface area contributed by atoms with Gasteiger partial charge in [0.15, 0.2) is 0 Å². The van der Waals surface area contributed by atoms with E-state index in [1.165, 1.54) is 12.1 Å². The highest BCUT2D eigenvalue weighted by Gasteiger charge is 2.31. The minimum atomic E-state index is -4.68. The van der Waals surface area contributed by atoms with Gasteiger partial charge in [-0.3, -0.25) is 0 Å². The van der Waals surface area contributed by atoms with Crippen molar-refractivity contribution in [1.29, 1.82) is 0 Å². The summed E-state index contributed by atoms with van der Waals surface area (Å²) in [6, 6.07) is 4.19. The molecule has 0 fully saturated rings. The van der Waals surface area contributed by atoms with Crippen molar-refractivity contribution in [3.8, 4) is 5.75 Å². The van der Waals surface area contributed by atoms with Crippen LogP contribution in [0.15, 0.2) is 27.6 Å². The van der Waals surface area contributed by atoms with Crippen LogP contribution in [-0.4, -0.2) is 6.36 Å². The molecule has 0 aliphatic carbocycles. The van der Waals surface area contributed by atoms with Crippen LogP contribution in [0.3, 0.4) is 0 Å². The molecule has 1 aromatic rings. The van der Waals surface area contributed by atoms with Gasteiger partial charge in [-0.25, -0.2) is 0 Å². The third-order valence-corrected chi connectivity index (χ3v) is 2.01. The molecule has 0 unspecified atom stereocenters. The molecule has 1 rings (SSSR count). The molecule has 1 aromatic carbocycles. The standard InChI is InChI=1S/C7H4BrF3OS/c8-4-1-2-6(13)5(3-4)12-7(9,10)11/h1-3,13H. The zero-order valence-corrected chi connectivity index (χ0v) is 8.58. The lowest BCUT2D eigenvalue weighted by atomic mass is 10.3. The smallest absolute Gasteiger partial charge is 0.405 e. The fraction of sp³-hybridized carbons (Fsp3) is 0.143. The van der Waals surface area contributed by atoms with Crippen LogP contribution in [0.5, 0.6) is 5.75 Å². The van der Waals surface area contributed by atoms with Gasteiger partial charge in [-0.2, -0.15) is 0 Å². The maximum absolute atomic E-state index is 11.8. The number of alkyl halides is 3. The maximum atomic E-state index is 11.8. The van der Waals surface area contributed by atoms with E-state index in [1.54, 1.807) is 6.07 Å². The Morgan fingerprint density at radius 3 is 2.46 bits per heavy atom. The van der Waals surface area contributed by atoms with Gasteiger partial charge in [-0.15, -0.1) is 25.8 Å². The van der Waals surface area contributed by atoms with Crippen molar-refractivity contribution < 1.29 is 17.9 Å². The van der Waals surface area contributed by atoms with Crippen LogP contribution >= 0.6 is 28.6 Å². The average Bonchev–Trinajstić information content (AvgIpc) is 1.94. The summed E-state index contributed by atoms with van der Waals surface area (Å²) in [5.41, 5.74) is 0. The lowest BCUT2D eigenvalue weighted by Crippen LogP contribution is -2.17. The van der Waals surface area contributed by atoms with Crippen LogP contribution < -0.4 is 4.74 Å². The van der Waals surface area contributed by atoms with E-state index < -0.39 is 6.36 Å². The summed E-state index contributed by atoms with van der Waals surface area (Å²) in [5, 5.41) is 0. The molecule has 72 valence electrons. The molecule has 0 saturated carbocycles. The average molecular weight is 273 g/mol. The lowest BCUT2D eigenvalue weighted by molar-refractivity contribution is -0.275. The third kappa shape index (κ3) is 3.48. The number of ether oxygens (including phenoxy) is 1. The number of benzene rings is 1. The topological polar surface area (TPSA) is 9.23 Å². The van der Waals surface area contributed by atoms with Crippen LogP contribution in [0.1, 0.15) is 0 Å². The van der Waals surface area contributed by atoms with Crippen molar-refractivity contribution in [3.05, 3.63) is 22.7 Å². The Labute approximate surface area is 86.4 Å². The summed E-state index contributed by atoms with van der Waals surface area (Å²) in [7, 11) is 0. The molecule has 13 heavy (non-hydrogen) atoms. The van der Waals surface area contributed by atoms with E-state index in [4.69, 9.17) is 0 Å². The van der Waals surface area contributed by atoms with Crippen LogP contribution in [0, 0.1) is 0 Å². The Balaban J connectivity index is 2.94. The van der Waals surface area contributed by atoms with Gasteiger partial charge in [0.1, 0.15) is 5.75 Å². The Bertz CT molecular complexity index is 313. The molecule has 0 aliphatic rings. The van der Waals surface area contributed by atoms with Gasteiger partial charge in [0.25, 0.3) is 0 Å². The van der Waals surface area contributed by atoms with E-state index in [0.717, 1.165) is 0 Å². The molecule has 0 aromatic heterocycles. The number of halogens is 4. The molecule has 0 aliphatic heterocycles. The third-order valence-electron chi connectivity index (χ3n) is 1.15. The summed E-state index contributed by atoms with van der Waals surface area (Å²) < 4.78 is 39.6. The van der Waals surface area contributed by atoms with Crippen LogP contribution in [-0.2, 0) is 0 Å². The predicted molar refractivity (Wildman–Crippen MR) is 48.1 cm³/mol. The minimum Gasteiger partial charge on any atom is -0.405 e. The normalized spacial score (nSPS) is 11.5. The second kappa shape index (κ2) is 3.79. The first-order valence-electron chi connectivity index (χ1n) is 3.13. The summed E-state index contributed by atoms with van der Waals surface area (Å²) >= 11 is 6.83. The largest absolute Gasteiger partial charge is 0.573 e. The van der Waals surface area contributed by atoms with Gasteiger partial charge in [-0.05, 0) is 18.2 Å². The molecular formula is C7H4BrF3OS. The first kappa shape index (κ1) is 10.7. The summed E-state index contributed by atoms with van der Waals surface area (Å²) in [5.74, 6) is -0.315. The summed E-state index contributed by atoms with van der Waals surface area (Å²) in [6.45, 7) is 0. The molecule has 6 heteroatoms. The molecule has 0 bridgehead atoms. The highest BCUT2D eigenvalue weighted by atomic mass is 79.9. The van der Waals surface area contributed by atoms with E-state index in [1.807, 2.05) is 0 Å². The molecule has 0 saturated heterocycles. The van der Waals surface area contributed by atoms with Gasteiger partial charge in [0, 0.05) is 9.37 Å². The van der Waals surface area contributed by atoms with Crippen molar-refractivity contribution in [1.82, 2.24) is 0 Å². The fourth-order valence-corrected chi connectivity index (χ4v) is 1.22. The second-order valence-corrected chi connectivity index (χ2v) is 3.56. The predicted octanol–water partition coefficient (Wildman–Crippen LogP) is 3.64. The molecule has 0 atom stereocenters. The van der Waals surface area contributed by atoms with Crippen LogP contribution in [0.25, 0.3) is 0 Å². The van der Waals surface area contributed by atoms with Gasteiger partial charge >= 0.3 is 6.36 Å². The van der Waals surface area contributed by atoms with Crippen molar-refractivity contribution >= 4 is 28.6 Å². The number of hydrogen-bond acceptors (Lipinski definition) is 2.